The third-order valence-corrected chi connectivity index (χ3v) is 2.79. The van der Waals surface area contributed by atoms with Crippen LogP contribution < -0.4 is 11.1 Å². The van der Waals surface area contributed by atoms with Gasteiger partial charge >= 0.3 is 0 Å². The molecule has 0 bridgehead atoms. The highest BCUT2D eigenvalue weighted by molar-refractivity contribution is 5.87. The predicted octanol–water partition coefficient (Wildman–Crippen LogP) is 0.157. The molecular weight excluding hydrogens is 294 g/mol. The van der Waals surface area contributed by atoms with Crippen molar-refractivity contribution in [2.24, 2.45) is 5.73 Å². The Balaban J connectivity index is 0.00000400. The van der Waals surface area contributed by atoms with Crippen molar-refractivity contribution in [1.29, 1.82) is 0 Å². The maximum atomic E-state index is 11.9. The number of likely N-dealkylation sites (N-methyl/N-ethyl adjacent to an activating group) is 1. The molecule has 0 saturated carbocycles. The molecule has 118 valence electrons. The van der Waals surface area contributed by atoms with E-state index in [2.05, 4.69) is 5.32 Å². The highest BCUT2D eigenvalue weighted by Crippen LogP contribution is 2.02. The van der Waals surface area contributed by atoms with Gasteiger partial charge in [-0.25, -0.2) is 0 Å². The summed E-state index contributed by atoms with van der Waals surface area (Å²) >= 11 is 0. The Kier molecular flexibility index (Phi) is 9.36. The molecule has 1 aromatic rings. The molecule has 6 nitrogen and oxygen atoms in total. The first-order valence-corrected chi connectivity index (χ1v) is 6.34. The summed E-state index contributed by atoms with van der Waals surface area (Å²) in [5.74, 6) is -0.569. The quantitative estimate of drug-likeness (QED) is 0.750. The second-order valence-corrected chi connectivity index (χ2v) is 4.52. The van der Waals surface area contributed by atoms with E-state index in [4.69, 9.17) is 10.5 Å². The fourth-order valence-corrected chi connectivity index (χ4v) is 1.63. The molecule has 0 aliphatic heterocycles. The van der Waals surface area contributed by atoms with Gasteiger partial charge in [-0.15, -0.1) is 12.4 Å². The fraction of sp³-hybridized carbons (Fsp3) is 0.429. The van der Waals surface area contributed by atoms with Crippen LogP contribution in [0.25, 0.3) is 0 Å². The van der Waals surface area contributed by atoms with E-state index in [-0.39, 0.29) is 31.5 Å². The van der Waals surface area contributed by atoms with Crippen LogP contribution >= 0.6 is 12.4 Å². The lowest BCUT2D eigenvalue weighted by molar-refractivity contribution is -0.132. The summed E-state index contributed by atoms with van der Waals surface area (Å²) in [6, 6.07) is 8.88. The summed E-state index contributed by atoms with van der Waals surface area (Å²) in [4.78, 5) is 25.0. The zero-order chi connectivity index (χ0) is 15.0. The Labute approximate surface area is 131 Å². The smallest absolute Gasteiger partial charge is 0.242 e. The van der Waals surface area contributed by atoms with E-state index in [0.29, 0.717) is 6.54 Å². The number of halogens is 1. The zero-order valence-electron chi connectivity index (χ0n) is 12.2. The average molecular weight is 316 g/mol. The second kappa shape index (κ2) is 10.1. The molecule has 1 unspecified atom stereocenters. The van der Waals surface area contributed by atoms with Crippen molar-refractivity contribution >= 4 is 24.2 Å². The van der Waals surface area contributed by atoms with E-state index < -0.39 is 11.9 Å². The molecule has 7 heteroatoms. The minimum Gasteiger partial charge on any atom is -0.383 e. The van der Waals surface area contributed by atoms with Crippen LogP contribution in [-0.2, 0) is 20.9 Å². The molecule has 1 aromatic carbocycles. The van der Waals surface area contributed by atoms with E-state index in [1.807, 2.05) is 30.3 Å². The number of carbonyl (C=O) groups excluding carboxylic acids is 2. The third-order valence-electron chi connectivity index (χ3n) is 2.79. The number of benzene rings is 1. The first kappa shape index (κ1) is 19.4. The predicted molar refractivity (Wildman–Crippen MR) is 83.0 cm³/mol. The number of carbonyl (C=O) groups is 2. The number of hydrogen-bond acceptors (Lipinski definition) is 4. The van der Waals surface area contributed by atoms with Gasteiger partial charge in [0.15, 0.2) is 0 Å². The Morgan fingerprint density at radius 3 is 2.52 bits per heavy atom. The SMILES string of the molecule is COCC(N)C(=O)NCC(=O)N(C)Cc1ccccc1.Cl. The lowest BCUT2D eigenvalue weighted by Gasteiger charge is -2.18. The van der Waals surface area contributed by atoms with Gasteiger partial charge in [0, 0.05) is 20.7 Å². The molecule has 0 saturated heterocycles. The zero-order valence-corrected chi connectivity index (χ0v) is 13.1. The summed E-state index contributed by atoms with van der Waals surface area (Å²) in [6.07, 6.45) is 0. The molecule has 1 atom stereocenters. The summed E-state index contributed by atoms with van der Waals surface area (Å²) in [5, 5.41) is 2.50. The van der Waals surface area contributed by atoms with E-state index in [1.54, 1.807) is 11.9 Å². The van der Waals surface area contributed by atoms with Crippen molar-refractivity contribution in [3.8, 4) is 0 Å². The molecule has 0 heterocycles. The number of hydrogen-bond donors (Lipinski definition) is 2. The molecule has 0 aliphatic rings. The molecule has 0 fully saturated rings. The number of amides is 2. The molecule has 1 rings (SSSR count). The van der Waals surface area contributed by atoms with Gasteiger partial charge in [-0.3, -0.25) is 9.59 Å². The van der Waals surface area contributed by atoms with Gasteiger partial charge in [-0.05, 0) is 5.56 Å². The summed E-state index contributed by atoms with van der Waals surface area (Å²) in [5.41, 5.74) is 6.58. The van der Waals surface area contributed by atoms with Gasteiger partial charge in [0.25, 0.3) is 0 Å². The van der Waals surface area contributed by atoms with Crippen molar-refractivity contribution in [2.45, 2.75) is 12.6 Å². The maximum Gasteiger partial charge on any atom is 0.242 e. The molecule has 3 N–H and O–H groups in total. The normalized spacial score (nSPS) is 11.2. The summed E-state index contributed by atoms with van der Waals surface area (Å²) in [6.45, 7) is 0.555. The number of ether oxygens (including phenoxy) is 1. The number of nitrogens with one attached hydrogen (secondary N) is 1. The lowest BCUT2D eigenvalue weighted by Crippen LogP contribution is -2.47. The van der Waals surface area contributed by atoms with Crippen molar-refractivity contribution in [1.82, 2.24) is 10.2 Å². The van der Waals surface area contributed by atoms with Gasteiger partial charge < -0.3 is 20.7 Å². The second-order valence-electron chi connectivity index (χ2n) is 4.52. The Morgan fingerprint density at radius 1 is 1.33 bits per heavy atom. The first-order chi connectivity index (χ1) is 9.54. The molecule has 2 amide bonds. The molecule has 0 aromatic heterocycles. The van der Waals surface area contributed by atoms with Crippen molar-refractivity contribution in [2.75, 3.05) is 27.3 Å². The van der Waals surface area contributed by atoms with Crippen molar-refractivity contribution in [3.63, 3.8) is 0 Å². The topological polar surface area (TPSA) is 84.7 Å². The van der Waals surface area contributed by atoms with Crippen LogP contribution in [0.1, 0.15) is 5.56 Å². The molecular formula is C14H22ClN3O3. The highest BCUT2D eigenvalue weighted by Gasteiger charge is 2.15. The number of rotatable bonds is 7. The monoisotopic (exact) mass is 315 g/mol. The van der Waals surface area contributed by atoms with Gasteiger partial charge in [-0.1, -0.05) is 30.3 Å². The van der Waals surface area contributed by atoms with E-state index >= 15 is 0 Å². The Bertz CT molecular complexity index is 442. The molecule has 21 heavy (non-hydrogen) atoms. The fourth-order valence-electron chi connectivity index (χ4n) is 1.63. The Hall–Kier alpha value is -1.63. The van der Waals surface area contributed by atoms with Crippen LogP contribution in [0, 0.1) is 0 Å². The summed E-state index contributed by atoms with van der Waals surface area (Å²) in [7, 11) is 3.16. The van der Waals surface area contributed by atoms with Crippen molar-refractivity contribution in [3.05, 3.63) is 35.9 Å². The third kappa shape index (κ3) is 7.08. The van der Waals surface area contributed by atoms with Crippen LogP contribution in [0.4, 0.5) is 0 Å². The first-order valence-electron chi connectivity index (χ1n) is 6.34. The van der Waals surface area contributed by atoms with Gasteiger partial charge in [0.05, 0.1) is 13.2 Å². The average Bonchev–Trinajstić information content (AvgIpc) is 2.45. The van der Waals surface area contributed by atoms with Crippen LogP contribution in [-0.4, -0.2) is 50.1 Å². The van der Waals surface area contributed by atoms with Crippen LogP contribution in [0.5, 0.6) is 0 Å². The van der Waals surface area contributed by atoms with Crippen LogP contribution in [0.15, 0.2) is 30.3 Å². The number of nitrogens with two attached hydrogens (primary N) is 1. The van der Waals surface area contributed by atoms with Gasteiger partial charge in [0.2, 0.25) is 11.8 Å². The minimum absolute atomic E-state index is 0. The minimum atomic E-state index is -0.757. The lowest BCUT2D eigenvalue weighted by atomic mass is 10.2. The standard InChI is InChI=1S/C14H21N3O3.ClH/c1-17(9-11-6-4-3-5-7-11)13(18)8-16-14(19)12(15)10-20-2;/h3-7,12H,8-10,15H2,1-2H3,(H,16,19);1H. The molecule has 0 spiro atoms. The summed E-state index contributed by atoms with van der Waals surface area (Å²) < 4.78 is 4.78. The largest absolute Gasteiger partial charge is 0.383 e. The van der Waals surface area contributed by atoms with Crippen LogP contribution in [0.3, 0.4) is 0 Å². The van der Waals surface area contributed by atoms with E-state index in [9.17, 15) is 9.59 Å². The number of nitrogens with zero attached hydrogens (tertiary/aromatic N) is 1. The molecule has 0 aliphatic carbocycles. The van der Waals surface area contributed by atoms with Crippen LogP contribution in [0.2, 0.25) is 0 Å². The van der Waals surface area contributed by atoms with E-state index in [1.165, 1.54) is 7.11 Å². The number of methoxy groups -OCH3 is 1. The van der Waals surface area contributed by atoms with E-state index in [0.717, 1.165) is 5.56 Å². The highest BCUT2D eigenvalue weighted by atomic mass is 35.5. The van der Waals surface area contributed by atoms with Gasteiger partial charge in [-0.2, -0.15) is 0 Å². The van der Waals surface area contributed by atoms with Gasteiger partial charge in [0.1, 0.15) is 6.04 Å². The maximum absolute atomic E-state index is 11.9. The van der Waals surface area contributed by atoms with Crippen molar-refractivity contribution < 1.29 is 14.3 Å². The Morgan fingerprint density at radius 2 is 1.95 bits per heavy atom. The molecule has 0 radical (unpaired) electrons.